The van der Waals surface area contributed by atoms with Gasteiger partial charge < -0.3 is 15.2 Å². The largest absolute Gasteiger partial charge is 0.433 e. The summed E-state index contributed by atoms with van der Waals surface area (Å²) in [6.07, 6.45) is -3.09. The molecule has 0 radical (unpaired) electrons. The molecule has 6 nitrogen and oxygen atoms in total. The summed E-state index contributed by atoms with van der Waals surface area (Å²) in [5, 5.41) is 8.89. The maximum Gasteiger partial charge on any atom is 0.433 e. The lowest BCUT2D eigenvalue weighted by molar-refractivity contribution is -0.141. The summed E-state index contributed by atoms with van der Waals surface area (Å²) >= 11 is 0. The van der Waals surface area contributed by atoms with Gasteiger partial charge in [-0.05, 0) is 6.92 Å². The first kappa shape index (κ1) is 14.1. The Morgan fingerprint density at radius 2 is 2.05 bits per heavy atom. The lowest BCUT2D eigenvalue weighted by atomic mass is 10.3. The molecule has 0 aliphatic heterocycles. The second-order valence-corrected chi connectivity index (χ2v) is 3.82. The number of hydrogen-bond donors (Lipinski definition) is 2. The quantitative estimate of drug-likeness (QED) is 0.880. The van der Waals surface area contributed by atoms with Crippen LogP contribution in [-0.2, 0) is 12.7 Å². The molecule has 2 rings (SSSR count). The van der Waals surface area contributed by atoms with E-state index in [-0.39, 0.29) is 18.3 Å². The van der Waals surface area contributed by atoms with E-state index in [4.69, 9.17) is 4.52 Å². The number of halogens is 3. The molecule has 2 N–H and O–H groups in total. The van der Waals surface area contributed by atoms with Crippen molar-refractivity contribution in [2.24, 2.45) is 0 Å². The molecule has 9 heteroatoms. The van der Waals surface area contributed by atoms with Crippen molar-refractivity contribution in [3.05, 3.63) is 29.8 Å². The third-order valence-electron chi connectivity index (χ3n) is 2.29. The molecule has 0 aromatic carbocycles. The zero-order valence-electron chi connectivity index (χ0n) is 10.5. The second kappa shape index (κ2) is 5.76. The van der Waals surface area contributed by atoms with Gasteiger partial charge in [-0.3, -0.25) is 0 Å². The van der Waals surface area contributed by atoms with Gasteiger partial charge in [-0.2, -0.15) is 18.2 Å². The minimum absolute atomic E-state index is 0.0553. The Kier molecular flexibility index (Phi) is 4.06. The van der Waals surface area contributed by atoms with E-state index < -0.39 is 11.9 Å². The molecule has 0 aliphatic rings. The Morgan fingerprint density at radius 3 is 2.65 bits per heavy atom. The summed E-state index contributed by atoms with van der Waals surface area (Å²) in [5.41, 5.74) is -1.01. The first-order chi connectivity index (χ1) is 9.49. The van der Waals surface area contributed by atoms with E-state index in [1.165, 1.54) is 6.20 Å². The van der Waals surface area contributed by atoms with E-state index in [0.717, 1.165) is 6.07 Å². The van der Waals surface area contributed by atoms with Crippen molar-refractivity contribution >= 4 is 11.8 Å². The van der Waals surface area contributed by atoms with Crippen molar-refractivity contribution in [2.45, 2.75) is 19.6 Å². The second-order valence-electron chi connectivity index (χ2n) is 3.82. The minimum Gasteiger partial charge on any atom is -0.363 e. The topological polar surface area (TPSA) is 75.9 Å². The smallest absolute Gasteiger partial charge is 0.363 e. The first-order valence-electron chi connectivity index (χ1n) is 5.82. The lowest BCUT2D eigenvalue weighted by Gasteiger charge is -2.11. The van der Waals surface area contributed by atoms with Gasteiger partial charge in [0.1, 0.15) is 5.82 Å². The van der Waals surface area contributed by atoms with Gasteiger partial charge >= 0.3 is 6.18 Å². The number of rotatable bonds is 5. The van der Waals surface area contributed by atoms with Gasteiger partial charge in [0.05, 0.1) is 12.7 Å². The van der Waals surface area contributed by atoms with Gasteiger partial charge in [0.15, 0.2) is 11.5 Å². The van der Waals surface area contributed by atoms with E-state index in [1.54, 1.807) is 13.0 Å². The highest BCUT2D eigenvalue weighted by atomic mass is 19.4. The van der Waals surface area contributed by atoms with Crippen LogP contribution in [0.15, 0.2) is 22.9 Å². The van der Waals surface area contributed by atoms with Crippen LogP contribution in [0.3, 0.4) is 0 Å². The summed E-state index contributed by atoms with van der Waals surface area (Å²) in [7, 11) is 0. The number of nitrogens with one attached hydrogen (secondary N) is 2. The normalized spacial score (nSPS) is 11.4. The molecule has 0 aliphatic carbocycles. The highest BCUT2D eigenvalue weighted by molar-refractivity contribution is 5.43. The van der Waals surface area contributed by atoms with Gasteiger partial charge in [-0.25, -0.2) is 4.98 Å². The molecule has 2 aromatic heterocycles. The Morgan fingerprint density at radius 1 is 1.25 bits per heavy atom. The maximum absolute atomic E-state index is 12.7. The number of aromatic nitrogens is 3. The predicted molar refractivity (Wildman–Crippen MR) is 65.0 cm³/mol. The molecule has 0 saturated heterocycles. The fourth-order valence-corrected chi connectivity index (χ4v) is 1.43. The molecule has 0 unspecified atom stereocenters. The van der Waals surface area contributed by atoms with Crippen LogP contribution >= 0.6 is 0 Å². The maximum atomic E-state index is 12.7. The van der Waals surface area contributed by atoms with Gasteiger partial charge in [0.2, 0.25) is 5.95 Å². The van der Waals surface area contributed by atoms with Crippen molar-refractivity contribution < 1.29 is 17.7 Å². The molecule has 0 saturated carbocycles. The molecule has 0 fully saturated rings. The molecule has 0 spiro atoms. The van der Waals surface area contributed by atoms with Gasteiger partial charge in [-0.1, -0.05) is 5.16 Å². The van der Waals surface area contributed by atoms with Gasteiger partial charge in [-0.15, -0.1) is 0 Å². The highest BCUT2D eigenvalue weighted by Gasteiger charge is 2.33. The summed E-state index contributed by atoms with van der Waals surface area (Å²) in [6.45, 7) is 2.34. The fourth-order valence-electron chi connectivity index (χ4n) is 1.43. The van der Waals surface area contributed by atoms with E-state index >= 15 is 0 Å². The zero-order chi connectivity index (χ0) is 14.6. The summed E-state index contributed by atoms with van der Waals surface area (Å²) < 4.78 is 43.0. The standard InChI is InChI=1S/C11H12F3N5O/c1-2-15-10-18-8(11(12,13)14)5-9(19-10)16-6-7-3-4-17-20-7/h3-5H,2,6H2,1H3,(H2,15,16,18,19). The van der Waals surface area contributed by atoms with Crippen LogP contribution in [0.4, 0.5) is 24.9 Å². The number of alkyl halides is 3. The Balaban J connectivity index is 2.20. The van der Waals surface area contributed by atoms with E-state index in [2.05, 4.69) is 25.8 Å². The van der Waals surface area contributed by atoms with Gasteiger partial charge in [0.25, 0.3) is 0 Å². The van der Waals surface area contributed by atoms with Crippen molar-refractivity contribution in [1.29, 1.82) is 0 Å². The molecule has 2 aromatic rings. The van der Waals surface area contributed by atoms with Crippen molar-refractivity contribution in [3.8, 4) is 0 Å². The summed E-state index contributed by atoms with van der Waals surface area (Å²) in [6, 6.07) is 2.45. The van der Waals surface area contributed by atoms with Crippen molar-refractivity contribution in [1.82, 2.24) is 15.1 Å². The van der Waals surface area contributed by atoms with E-state index in [9.17, 15) is 13.2 Å². The predicted octanol–water partition coefficient (Wildman–Crippen LogP) is 2.53. The van der Waals surface area contributed by atoms with Crippen molar-refractivity contribution in [3.63, 3.8) is 0 Å². The Hall–Kier alpha value is -2.32. The van der Waals surface area contributed by atoms with Crippen molar-refractivity contribution in [2.75, 3.05) is 17.2 Å². The SMILES string of the molecule is CCNc1nc(NCc2ccno2)cc(C(F)(F)F)n1. The molecular weight excluding hydrogens is 275 g/mol. The van der Waals surface area contributed by atoms with Crippen LogP contribution in [-0.4, -0.2) is 21.7 Å². The lowest BCUT2D eigenvalue weighted by Crippen LogP contribution is -2.14. The van der Waals surface area contributed by atoms with Crippen LogP contribution in [0, 0.1) is 0 Å². The first-order valence-corrected chi connectivity index (χ1v) is 5.82. The molecular formula is C11H12F3N5O. The minimum atomic E-state index is -4.53. The van der Waals surface area contributed by atoms with Crippen LogP contribution in [0.25, 0.3) is 0 Å². The summed E-state index contributed by atoms with van der Waals surface area (Å²) in [5.74, 6) is 0.462. The Bertz CT molecular complexity index is 556. The molecule has 20 heavy (non-hydrogen) atoms. The molecule has 0 amide bonds. The van der Waals surface area contributed by atoms with E-state index in [0.29, 0.717) is 12.3 Å². The highest BCUT2D eigenvalue weighted by Crippen LogP contribution is 2.29. The Labute approximate surface area is 112 Å². The monoisotopic (exact) mass is 287 g/mol. The van der Waals surface area contributed by atoms with Crippen LogP contribution in [0.2, 0.25) is 0 Å². The molecule has 2 heterocycles. The number of hydrogen-bond acceptors (Lipinski definition) is 6. The number of anilines is 2. The molecule has 0 bridgehead atoms. The van der Waals surface area contributed by atoms with Crippen LogP contribution < -0.4 is 10.6 Å². The fraction of sp³-hybridized carbons (Fsp3) is 0.364. The van der Waals surface area contributed by atoms with Gasteiger partial charge in [0, 0.05) is 18.7 Å². The zero-order valence-corrected chi connectivity index (χ0v) is 10.5. The third-order valence-corrected chi connectivity index (χ3v) is 2.29. The molecule has 108 valence electrons. The third kappa shape index (κ3) is 3.59. The summed E-state index contributed by atoms with van der Waals surface area (Å²) in [4.78, 5) is 7.36. The van der Waals surface area contributed by atoms with Crippen LogP contribution in [0.5, 0.6) is 0 Å². The average Bonchev–Trinajstić information content (AvgIpc) is 2.88. The molecule has 0 atom stereocenters. The van der Waals surface area contributed by atoms with E-state index in [1.807, 2.05) is 0 Å². The average molecular weight is 287 g/mol. The number of nitrogens with zero attached hydrogens (tertiary/aromatic N) is 3. The van der Waals surface area contributed by atoms with Crippen LogP contribution in [0.1, 0.15) is 18.4 Å².